The highest BCUT2D eigenvalue weighted by atomic mass is 35.5. The molecule has 2 aromatic rings. The quantitative estimate of drug-likeness (QED) is 0.600. The zero-order valence-electron chi connectivity index (χ0n) is 6.96. The van der Waals surface area contributed by atoms with Crippen molar-refractivity contribution in [1.82, 2.24) is 4.98 Å². The first kappa shape index (κ1) is 9.90. The third-order valence-corrected chi connectivity index (χ3v) is 3.25. The zero-order chi connectivity index (χ0) is 10.1. The minimum Gasteiger partial charge on any atom is -0.290 e. The van der Waals surface area contributed by atoms with Gasteiger partial charge in [-0.3, -0.25) is 4.79 Å². The molecular formula is C9H5Cl2NOS. The molecule has 0 unspecified atom stereocenters. The number of benzene rings is 1. The minimum atomic E-state index is -0.149. The minimum absolute atomic E-state index is 0.0342. The van der Waals surface area contributed by atoms with Crippen LogP contribution in [0.1, 0.15) is 9.80 Å². The average molecular weight is 246 g/mol. The normalized spacial score (nSPS) is 10.7. The number of thiazole rings is 1. The van der Waals surface area contributed by atoms with Gasteiger partial charge in [0.25, 0.3) is 0 Å². The molecule has 14 heavy (non-hydrogen) atoms. The SMILES string of the molecule is O=C(CCl)c1nc2ccc(Cl)cc2s1. The van der Waals surface area contributed by atoms with Gasteiger partial charge in [-0.1, -0.05) is 11.6 Å². The third kappa shape index (κ3) is 1.75. The van der Waals surface area contributed by atoms with E-state index in [1.807, 2.05) is 0 Å². The molecule has 0 aliphatic rings. The van der Waals surface area contributed by atoms with E-state index in [2.05, 4.69) is 4.98 Å². The lowest BCUT2D eigenvalue weighted by atomic mass is 10.3. The fourth-order valence-corrected chi connectivity index (χ4v) is 2.46. The van der Waals surface area contributed by atoms with E-state index in [0.29, 0.717) is 10.0 Å². The van der Waals surface area contributed by atoms with E-state index >= 15 is 0 Å². The van der Waals surface area contributed by atoms with Crippen LogP contribution in [0.5, 0.6) is 0 Å². The molecule has 0 N–H and O–H groups in total. The Hall–Kier alpha value is -0.640. The van der Waals surface area contributed by atoms with Crippen LogP contribution in [0.15, 0.2) is 18.2 Å². The molecule has 0 amide bonds. The number of Topliss-reactive ketones (excluding diaryl/α,β-unsaturated/α-hetero) is 1. The monoisotopic (exact) mass is 245 g/mol. The summed E-state index contributed by atoms with van der Waals surface area (Å²) in [5, 5.41) is 1.09. The van der Waals surface area contributed by atoms with Crippen LogP contribution in [0.2, 0.25) is 5.02 Å². The van der Waals surface area contributed by atoms with Crippen molar-refractivity contribution in [3.63, 3.8) is 0 Å². The van der Waals surface area contributed by atoms with E-state index in [0.717, 1.165) is 10.2 Å². The van der Waals surface area contributed by atoms with E-state index in [4.69, 9.17) is 23.2 Å². The van der Waals surface area contributed by atoms with Gasteiger partial charge in [0.05, 0.1) is 16.1 Å². The summed E-state index contributed by atoms with van der Waals surface area (Å²) in [6.45, 7) is 0. The van der Waals surface area contributed by atoms with Crippen molar-refractivity contribution in [2.24, 2.45) is 0 Å². The fourth-order valence-electron chi connectivity index (χ4n) is 1.07. The molecule has 0 saturated carbocycles. The number of hydrogen-bond donors (Lipinski definition) is 0. The van der Waals surface area contributed by atoms with Crippen LogP contribution < -0.4 is 0 Å². The van der Waals surface area contributed by atoms with Crippen LogP contribution >= 0.6 is 34.5 Å². The average Bonchev–Trinajstić information content (AvgIpc) is 2.59. The summed E-state index contributed by atoms with van der Waals surface area (Å²) in [5.74, 6) is -0.183. The highest BCUT2D eigenvalue weighted by molar-refractivity contribution is 7.20. The lowest BCUT2D eigenvalue weighted by Gasteiger charge is -1.86. The second-order valence-corrected chi connectivity index (χ2v) is 4.42. The van der Waals surface area contributed by atoms with Crippen molar-refractivity contribution in [1.29, 1.82) is 0 Å². The maximum absolute atomic E-state index is 11.3. The van der Waals surface area contributed by atoms with Gasteiger partial charge in [0.15, 0.2) is 5.01 Å². The summed E-state index contributed by atoms with van der Waals surface area (Å²) < 4.78 is 0.908. The second kappa shape index (κ2) is 3.85. The summed E-state index contributed by atoms with van der Waals surface area (Å²) >= 11 is 12.6. The standard InChI is InChI=1S/C9H5Cl2NOS/c10-4-7(13)9-12-6-2-1-5(11)3-8(6)14-9/h1-3H,4H2. The topological polar surface area (TPSA) is 30.0 Å². The fraction of sp³-hybridized carbons (Fsp3) is 0.111. The molecule has 0 bridgehead atoms. The van der Waals surface area contributed by atoms with Gasteiger partial charge >= 0.3 is 0 Å². The predicted molar refractivity (Wildman–Crippen MR) is 59.7 cm³/mol. The molecule has 0 spiro atoms. The maximum Gasteiger partial charge on any atom is 0.206 e. The molecule has 72 valence electrons. The van der Waals surface area contributed by atoms with Gasteiger partial charge in [0.1, 0.15) is 0 Å². The molecule has 1 heterocycles. The van der Waals surface area contributed by atoms with Crippen LogP contribution in [-0.2, 0) is 0 Å². The van der Waals surface area contributed by atoms with Gasteiger partial charge in [-0.15, -0.1) is 22.9 Å². The number of rotatable bonds is 2. The van der Waals surface area contributed by atoms with E-state index in [-0.39, 0.29) is 11.7 Å². The van der Waals surface area contributed by atoms with Crippen LogP contribution in [0.4, 0.5) is 0 Å². The Kier molecular flexibility index (Phi) is 2.72. The molecule has 1 aromatic heterocycles. The highest BCUT2D eigenvalue weighted by Crippen LogP contribution is 2.25. The summed E-state index contributed by atoms with van der Waals surface area (Å²) in [4.78, 5) is 15.4. The summed E-state index contributed by atoms with van der Waals surface area (Å²) in [7, 11) is 0. The van der Waals surface area contributed by atoms with Gasteiger partial charge in [-0.25, -0.2) is 4.98 Å². The Labute approximate surface area is 94.5 Å². The van der Waals surface area contributed by atoms with Gasteiger partial charge in [0.2, 0.25) is 5.78 Å². The lowest BCUT2D eigenvalue weighted by molar-refractivity contribution is 0.102. The molecule has 0 radical (unpaired) electrons. The molecule has 1 aromatic carbocycles. The van der Waals surface area contributed by atoms with Crippen LogP contribution in [0.25, 0.3) is 10.2 Å². The zero-order valence-corrected chi connectivity index (χ0v) is 9.29. The maximum atomic E-state index is 11.3. The molecule has 5 heteroatoms. The van der Waals surface area contributed by atoms with Gasteiger partial charge in [-0.2, -0.15) is 0 Å². The van der Waals surface area contributed by atoms with Gasteiger partial charge in [0, 0.05) is 5.02 Å². The molecule has 0 aliphatic heterocycles. The van der Waals surface area contributed by atoms with E-state index in [1.165, 1.54) is 11.3 Å². The number of ketones is 1. The van der Waals surface area contributed by atoms with Crippen molar-refractivity contribution in [3.8, 4) is 0 Å². The molecular weight excluding hydrogens is 241 g/mol. The molecule has 0 atom stereocenters. The smallest absolute Gasteiger partial charge is 0.206 e. The van der Waals surface area contributed by atoms with Crippen molar-refractivity contribution in [2.75, 3.05) is 5.88 Å². The second-order valence-electron chi connectivity index (χ2n) is 2.69. The number of carbonyl (C=O) groups is 1. The van der Waals surface area contributed by atoms with Crippen molar-refractivity contribution < 1.29 is 4.79 Å². The van der Waals surface area contributed by atoms with E-state index in [9.17, 15) is 4.79 Å². The van der Waals surface area contributed by atoms with Crippen molar-refractivity contribution >= 4 is 50.5 Å². The van der Waals surface area contributed by atoms with Crippen LogP contribution in [0.3, 0.4) is 0 Å². The predicted octanol–water partition coefficient (Wildman–Crippen LogP) is 3.37. The van der Waals surface area contributed by atoms with E-state index in [1.54, 1.807) is 18.2 Å². The first-order valence-corrected chi connectivity index (χ1v) is 5.59. The number of fused-ring (bicyclic) bond motifs is 1. The summed E-state index contributed by atoms with van der Waals surface area (Å²) in [6.07, 6.45) is 0. The van der Waals surface area contributed by atoms with Gasteiger partial charge in [-0.05, 0) is 18.2 Å². The Morgan fingerprint density at radius 1 is 1.50 bits per heavy atom. The van der Waals surface area contributed by atoms with Crippen molar-refractivity contribution in [3.05, 3.63) is 28.2 Å². The first-order chi connectivity index (χ1) is 6.70. The van der Waals surface area contributed by atoms with E-state index < -0.39 is 0 Å². The summed E-state index contributed by atoms with van der Waals surface area (Å²) in [5.41, 5.74) is 0.785. The molecule has 2 rings (SSSR count). The number of alkyl halides is 1. The Morgan fingerprint density at radius 2 is 2.29 bits per heavy atom. The third-order valence-electron chi connectivity index (χ3n) is 1.71. The number of aromatic nitrogens is 1. The Morgan fingerprint density at radius 3 is 3.00 bits per heavy atom. The van der Waals surface area contributed by atoms with Crippen molar-refractivity contribution in [2.45, 2.75) is 0 Å². The number of nitrogens with zero attached hydrogens (tertiary/aromatic N) is 1. The number of hydrogen-bond acceptors (Lipinski definition) is 3. The Balaban J connectivity index is 2.56. The number of halogens is 2. The molecule has 0 aliphatic carbocycles. The first-order valence-electron chi connectivity index (χ1n) is 3.86. The highest BCUT2D eigenvalue weighted by Gasteiger charge is 2.10. The number of carbonyl (C=O) groups excluding carboxylic acids is 1. The van der Waals surface area contributed by atoms with Crippen LogP contribution in [-0.4, -0.2) is 16.6 Å². The van der Waals surface area contributed by atoms with Gasteiger partial charge < -0.3 is 0 Å². The molecule has 0 fully saturated rings. The largest absolute Gasteiger partial charge is 0.290 e. The molecule has 2 nitrogen and oxygen atoms in total. The summed E-state index contributed by atoms with van der Waals surface area (Å²) in [6, 6.07) is 5.33. The Bertz CT molecular complexity index is 495. The molecule has 0 saturated heterocycles. The van der Waals surface area contributed by atoms with Crippen LogP contribution in [0, 0.1) is 0 Å². The lowest BCUT2D eigenvalue weighted by Crippen LogP contribution is -1.98.